The predicted molar refractivity (Wildman–Crippen MR) is 81.5 cm³/mol. The van der Waals surface area contributed by atoms with Crippen molar-refractivity contribution >= 4 is 11.6 Å². The SMILES string of the molecule is CCC(C)c1ccccc1NC(=O)C(C)N(C)CC. The molecular formula is C16H26N2O. The van der Waals surface area contributed by atoms with Gasteiger partial charge >= 0.3 is 0 Å². The Morgan fingerprint density at radius 3 is 2.47 bits per heavy atom. The Bertz CT molecular complexity index is 417. The zero-order valence-corrected chi connectivity index (χ0v) is 12.7. The number of anilines is 1. The van der Waals surface area contributed by atoms with Gasteiger partial charge in [-0.2, -0.15) is 0 Å². The van der Waals surface area contributed by atoms with Crippen molar-refractivity contribution in [2.75, 3.05) is 18.9 Å². The van der Waals surface area contributed by atoms with Crippen molar-refractivity contribution in [3.8, 4) is 0 Å². The summed E-state index contributed by atoms with van der Waals surface area (Å²) in [5.74, 6) is 0.510. The van der Waals surface area contributed by atoms with Crippen LogP contribution in [0, 0.1) is 0 Å². The van der Waals surface area contributed by atoms with Crippen LogP contribution in [0.15, 0.2) is 24.3 Å². The monoisotopic (exact) mass is 262 g/mol. The minimum Gasteiger partial charge on any atom is -0.324 e. The van der Waals surface area contributed by atoms with E-state index in [1.165, 1.54) is 5.56 Å². The summed E-state index contributed by atoms with van der Waals surface area (Å²) in [6.45, 7) is 9.20. The lowest BCUT2D eigenvalue weighted by Crippen LogP contribution is -2.39. The number of para-hydroxylation sites is 1. The van der Waals surface area contributed by atoms with Crippen LogP contribution in [-0.2, 0) is 4.79 Å². The van der Waals surface area contributed by atoms with Gasteiger partial charge in [0.15, 0.2) is 0 Å². The second-order valence-electron chi connectivity index (χ2n) is 5.13. The Kier molecular flexibility index (Phi) is 6.03. The van der Waals surface area contributed by atoms with Gasteiger partial charge in [0, 0.05) is 5.69 Å². The number of amides is 1. The first-order valence-electron chi connectivity index (χ1n) is 7.11. The standard InChI is InChI=1S/C16H26N2O/c1-6-12(3)14-10-8-9-11-15(14)17-16(19)13(4)18(5)7-2/h8-13H,6-7H2,1-5H3,(H,17,19). The maximum atomic E-state index is 12.2. The number of nitrogens with one attached hydrogen (secondary N) is 1. The van der Waals surface area contributed by atoms with E-state index >= 15 is 0 Å². The summed E-state index contributed by atoms with van der Waals surface area (Å²) in [5, 5.41) is 3.06. The van der Waals surface area contributed by atoms with Crippen LogP contribution in [0.1, 0.15) is 45.6 Å². The largest absolute Gasteiger partial charge is 0.324 e. The zero-order chi connectivity index (χ0) is 14.4. The van der Waals surface area contributed by atoms with Crippen molar-refractivity contribution in [3.63, 3.8) is 0 Å². The normalized spacial score (nSPS) is 14.2. The molecule has 0 aliphatic heterocycles. The maximum Gasteiger partial charge on any atom is 0.241 e. The highest BCUT2D eigenvalue weighted by molar-refractivity contribution is 5.95. The molecule has 0 aliphatic rings. The smallest absolute Gasteiger partial charge is 0.241 e. The summed E-state index contributed by atoms with van der Waals surface area (Å²) >= 11 is 0. The van der Waals surface area contributed by atoms with Crippen LogP contribution in [0.25, 0.3) is 0 Å². The van der Waals surface area contributed by atoms with E-state index in [4.69, 9.17) is 0 Å². The fourth-order valence-corrected chi connectivity index (χ4v) is 1.97. The summed E-state index contributed by atoms with van der Waals surface area (Å²) in [4.78, 5) is 14.3. The van der Waals surface area contributed by atoms with E-state index in [0.717, 1.165) is 18.7 Å². The summed E-state index contributed by atoms with van der Waals surface area (Å²) in [5.41, 5.74) is 2.16. The van der Waals surface area contributed by atoms with Gasteiger partial charge in [-0.3, -0.25) is 9.69 Å². The molecule has 106 valence electrons. The molecule has 0 aromatic heterocycles. The van der Waals surface area contributed by atoms with E-state index in [1.807, 2.05) is 37.1 Å². The molecule has 1 N–H and O–H groups in total. The summed E-state index contributed by atoms with van der Waals surface area (Å²) in [7, 11) is 1.96. The topological polar surface area (TPSA) is 32.3 Å². The van der Waals surface area contributed by atoms with Crippen molar-refractivity contribution in [2.24, 2.45) is 0 Å². The van der Waals surface area contributed by atoms with Gasteiger partial charge in [0.1, 0.15) is 0 Å². The third kappa shape index (κ3) is 4.06. The molecular weight excluding hydrogens is 236 g/mol. The second kappa shape index (κ2) is 7.29. The number of rotatable bonds is 6. The van der Waals surface area contributed by atoms with E-state index in [9.17, 15) is 4.79 Å². The number of hydrogen-bond acceptors (Lipinski definition) is 2. The highest BCUT2D eigenvalue weighted by Gasteiger charge is 2.18. The van der Waals surface area contributed by atoms with Crippen LogP contribution in [0.3, 0.4) is 0 Å². The highest BCUT2D eigenvalue weighted by atomic mass is 16.2. The second-order valence-corrected chi connectivity index (χ2v) is 5.13. The molecule has 0 heterocycles. The van der Waals surface area contributed by atoms with Gasteiger partial charge in [-0.05, 0) is 44.5 Å². The van der Waals surface area contributed by atoms with Crippen LogP contribution >= 0.6 is 0 Å². The quantitative estimate of drug-likeness (QED) is 0.851. The summed E-state index contributed by atoms with van der Waals surface area (Å²) in [6.07, 6.45) is 1.07. The molecule has 0 saturated heterocycles. The van der Waals surface area contributed by atoms with E-state index < -0.39 is 0 Å². The molecule has 0 aliphatic carbocycles. The Labute approximate surface area is 117 Å². The van der Waals surface area contributed by atoms with Crippen molar-refractivity contribution < 1.29 is 4.79 Å². The lowest BCUT2D eigenvalue weighted by Gasteiger charge is -2.23. The Balaban J connectivity index is 2.85. The molecule has 1 aromatic rings. The Hall–Kier alpha value is -1.35. The minimum absolute atomic E-state index is 0.0557. The van der Waals surface area contributed by atoms with E-state index in [2.05, 4.69) is 32.2 Å². The maximum absolute atomic E-state index is 12.2. The van der Waals surface area contributed by atoms with Crippen molar-refractivity contribution in [1.82, 2.24) is 4.90 Å². The van der Waals surface area contributed by atoms with Crippen LogP contribution in [-0.4, -0.2) is 30.4 Å². The van der Waals surface area contributed by atoms with E-state index in [0.29, 0.717) is 5.92 Å². The van der Waals surface area contributed by atoms with Crippen LogP contribution in [0.5, 0.6) is 0 Å². The Morgan fingerprint density at radius 1 is 1.26 bits per heavy atom. The van der Waals surface area contributed by atoms with Crippen molar-refractivity contribution in [1.29, 1.82) is 0 Å². The van der Waals surface area contributed by atoms with Gasteiger partial charge in [-0.15, -0.1) is 0 Å². The molecule has 0 spiro atoms. The molecule has 19 heavy (non-hydrogen) atoms. The van der Waals surface area contributed by atoms with Gasteiger partial charge in [-0.1, -0.05) is 39.0 Å². The van der Waals surface area contributed by atoms with Gasteiger partial charge in [0.05, 0.1) is 6.04 Å². The van der Waals surface area contributed by atoms with Crippen LogP contribution in [0.4, 0.5) is 5.69 Å². The molecule has 0 saturated carbocycles. The minimum atomic E-state index is -0.116. The highest BCUT2D eigenvalue weighted by Crippen LogP contribution is 2.26. The molecule has 0 bridgehead atoms. The molecule has 1 amide bonds. The molecule has 3 nitrogen and oxygen atoms in total. The van der Waals surface area contributed by atoms with Gasteiger partial charge in [0.2, 0.25) is 5.91 Å². The van der Waals surface area contributed by atoms with Crippen molar-refractivity contribution in [3.05, 3.63) is 29.8 Å². The first-order chi connectivity index (χ1) is 9.01. The number of hydrogen-bond donors (Lipinski definition) is 1. The molecule has 0 fully saturated rings. The van der Waals surface area contributed by atoms with Gasteiger partial charge in [0.25, 0.3) is 0 Å². The average Bonchev–Trinajstić information content (AvgIpc) is 2.45. The lowest BCUT2D eigenvalue weighted by molar-refractivity contribution is -0.120. The van der Waals surface area contributed by atoms with E-state index in [1.54, 1.807) is 0 Å². The van der Waals surface area contributed by atoms with Crippen LogP contribution < -0.4 is 5.32 Å². The molecule has 2 unspecified atom stereocenters. The molecule has 2 atom stereocenters. The third-order valence-corrected chi connectivity index (χ3v) is 3.90. The summed E-state index contributed by atoms with van der Waals surface area (Å²) in [6, 6.07) is 7.96. The molecule has 3 heteroatoms. The lowest BCUT2D eigenvalue weighted by atomic mass is 9.97. The molecule has 1 aromatic carbocycles. The fraction of sp³-hybridized carbons (Fsp3) is 0.562. The number of carbonyl (C=O) groups is 1. The van der Waals surface area contributed by atoms with Crippen LogP contribution in [0.2, 0.25) is 0 Å². The summed E-state index contributed by atoms with van der Waals surface area (Å²) < 4.78 is 0. The first kappa shape index (κ1) is 15.7. The third-order valence-electron chi connectivity index (χ3n) is 3.90. The average molecular weight is 262 g/mol. The van der Waals surface area contributed by atoms with Crippen molar-refractivity contribution in [2.45, 2.75) is 46.1 Å². The van der Waals surface area contributed by atoms with Gasteiger partial charge < -0.3 is 5.32 Å². The van der Waals surface area contributed by atoms with Gasteiger partial charge in [-0.25, -0.2) is 0 Å². The fourth-order valence-electron chi connectivity index (χ4n) is 1.97. The Morgan fingerprint density at radius 2 is 1.89 bits per heavy atom. The number of nitrogens with zero attached hydrogens (tertiary/aromatic N) is 1. The number of likely N-dealkylation sites (N-methyl/N-ethyl adjacent to an activating group) is 1. The predicted octanol–water partition coefficient (Wildman–Crippen LogP) is 3.48. The molecule has 1 rings (SSSR count). The first-order valence-corrected chi connectivity index (χ1v) is 7.11. The molecule has 0 radical (unpaired) electrons. The zero-order valence-electron chi connectivity index (χ0n) is 12.7. The number of benzene rings is 1. The van der Waals surface area contributed by atoms with E-state index in [-0.39, 0.29) is 11.9 Å². The number of carbonyl (C=O) groups excluding carboxylic acids is 1.